The van der Waals surface area contributed by atoms with Crippen LogP contribution in [0.15, 0.2) is 48.7 Å². The van der Waals surface area contributed by atoms with Crippen LogP contribution in [0.4, 0.5) is 11.4 Å². The lowest BCUT2D eigenvalue weighted by atomic mass is 10.1. The van der Waals surface area contributed by atoms with Crippen LogP contribution in [-0.2, 0) is 4.79 Å². The molecule has 0 spiro atoms. The van der Waals surface area contributed by atoms with E-state index in [1.165, 1.54) is 6.20 Å². The average Bonchev–Trinajstić information content (AvgIpc) is 3.19. The Morgan fingerprint density at radius 3 is 2.66 bits per heavy atom. The fraction of sp³-hybridized carbons (Fsp3) is 0.150. The van der Waals surface area contributed by atoms with Crippen molar-refractivity contribution in [2.24, 2.45) is 0 Å². The first kappa shape index (κ1) is 19.3. The molecule has 148 valence electrons. The van der Waals surface area contributed by atoms with Gasteiger partial charge < -0.3 is 15.5 Å². The first-order chi connectivity index (χ1) is 14.0. The summed E-state index contributed by atoms with van der Waals surface area (Å²) in [4.78, 5) is 26.3. The van der Waals surface area contributed by atoms with Crippen molar-refractivity contribution in [1.29, 1.82) is 0 Å². The van der Waals surface area contributed by atoms with Gasteiger partial charge in [0.1, 0.15) is 0 Å². The first-order valence-electron chi connectivity index (χ1n) is 8.93. The van der Waals surface area contributed by atoms with Crippen LogP contribution in [0.2, 0.25) is 10.0 Å². The van der Waals surface area contributed by atoms with E-state index in [0.717, 1.165) is 11.3 Å². The molecule has 0 radical (unpaired) electrons. The number of nitrogens with zero attached hydrogens (tertiary/aromatic N) is 2. The number of carbonyl (C=O) groups is 2. The summed E-state index contributed by atoms with van der Waals surface area (Å²) < 4.78 is 0. The van der Waals surface area contributed by atoms with Gasteiger partial charge in [-0.3, -0.25) is 14.7 Å². The SMILES string of the molecule is O=C1CN(c2ccc(NC(=O)c3cn[nH]c3-c3ccc(Cl)cc3)cc2Cl)CCN1. The van der Waals surface area contributed by atoms with Crippen LogP contribution >= 0.6 is 23.2 Å². The molecule has 1 aliphatic rings. The Morgan fingerprint density at radius 2 is 1.93 bits per heavy atom. The second kappa shape index (κ2) is 8.14. The molecular formula is C20H17Cl2N5O2. The number of anilines is 2. The van der Waals surface area contributed by atoms with Crippen LogP contribution in [0.5, 0.6) is 0 Å². The van der Waals surface area contributed by atoms with Gasteiger partial charge in [-0.15, -0.1) is 0 Å². The number of aromatic nitrogens is 2. The highest BCUT2D eigenvalue weighted by Gasteiger charge is 2.20. The van der Waals surface area contributed by atoms with Gasteiger partial charge >= 0.3 is 0 Å². The van der Waals surface area contributed by atoms with Crippen LogP contribution < -0.4 is 15.5 Å². The van der Waals surface area contributed by atoms with E-state index in [1.807, 2.05) is 17.0 Å². The normalized spacial score (nSPS) is 13.9. The van der Waals surface area contributed by atoms with E-state index in [-0.39, 0.29) is 18.4 Å². The van der Waals surface area contributed by atoms with Gasteiger partial charge in [0.25, 0.3) is 5.91 Å². The standard InChI is InChI=1S/C20H17Cl2N5O2/c21-13-3-1-12(2-4-13)19-15(10-24-26-19)20(29)25-14-5-6-17(16(22)9-14)27-8-7-23-18(28)11-27/h1-6,9-10H,7-8,11H2,(H,23,28)(H,24,26)(H,25,29). The van der Waals surface area contributed by atoms with Crippen molar-refractivity contribution >= 4 is 46.4 Å². The summed E-state index contributed by atoms with van der Waals surface area (Å²) in [6.45, 7) is 1.50. The minimum absolute atomic E-state index is 0.0422. The number of amides is 2. The summed E-state index contributed by atoms with van der Waals surface area (Å²) in [7, 11) is 0. The zero-order valence-corrected chi connectivity index (χ0v) is 16.7. The molecule has 1 fully saturated rings. The average molecular weight is 430 g/mol. The predicted molar refractivity (Wildman–Crippen MR) is 114 cm³/mol. The number of nitrogens with one attached hydrogen (secondary N) is 3. The summed E-state index contributed by atoms with van der Waals surface area (Å²) in [5.41, 5.74) is 3.10. The minimum Gasteiger partial charge on any atom is -0.359 e. The third-order valence-electron chi connectivity index (χ3n) is 4.60. The van der Waals surface area contributed by atoms with Crippen molar-refractivity contribution in [3.63, 3.8) is 0 Å². The molecule has 4 rings (SSSR count). The van der Waals surface area contributed by atoms with Crippen LogP contribution in [-0.4, -0.2) is 41.6 Å². The summed E-state index contributed by atoms with van der Waals surface area (Å²) in [6.07, 6.45) is 1.47. The van der Waals surface area contributed by atoms with E-state index < -0.39 is 0 Å². The maximum absolute atomic E-state index is 12.8. The van der Waals surface area contributed by atoms with Gasteiger partial charge in [-0.05, 0) is 30.3 Å². The topological polar surface area (TPSA) is 90.1 Å². The summed E-state index contributed by atoms with van der Waals surface area (Å²) in [6, 6.07) is 12.3. The van der Waals surface area contributed by atoms with Crippen molar-refractivity contribution in [1.82, 2.24) is 15.5 Å². The highest BCUT2D eigenvalue weighted by atomic mass is 35.5. The molecule has 0 unspecified atom stereocenters. The smallest absolute Gasteiger partial charge is 0.259 e. The van der Waals surface area contributed by atoms with Crippen LogP contribution in [0.25, 0.3) is 11.3 Å². The number of benzene rings is 2. The Bertz CT molecular complexity index is 1060. The van der Waals surface area contributed by atoms with Crippen molar-refractivity contribution in [2.75, 3.05) is 29.9 Å². The lowest BCUT2D eigenvalue weighted by Crippen LogP contribution is -2.47. The van der Waals surface area contributed by atoms with Gasteiger partial charge in [0.05, 0.1) is 34.7 Å². The molecule has 1 aliphatic heterocycles. The molecule has 0 atom stereocenters. The van der Waals surface area contributed by atoms with Gasteiger partial charge in [0.2, 0.25) is 5.91 Å². The van der Waals surface area contributed by atoms with Gasteiger partial charge in [-0.1, -0.05) is 35.3 Å². The molecule has 2 heterocycles. The van der Waals surface area contributed by atoms with Gasteiger partial charge in [-0.2, -0.15) is 5.10 Å². The van der Waals surface area contributed by atoms with Crippen LogP contribution in [0.1, 0.15) is 10.4 Å². The predicted octanol–water partition coefficient (Wildman–Crippen LogP) is 3.57. The summed E-state index contributed by atoms with van der Waals surface area (Å²) in [5.74, 6) is -0.357. The third-order valence-corrected chi connectivity index (χ3v) is 5.16. The van der Waals surface area contributed by atoms with E-state index in [2.05, 4.69) is 20.8 Å². The second-order valence-electron chi connectivity index (χ2n) is 6.56. The number of piperazine rings is 1. The quantitative estimate of drug-likeness (QED) is 0.591. The molecule has 1 aromatic heterocycles. The fourth-order valence-electron chi connectivity index (χ4n) is 3.18. The minimum atomic E-state index is -0.315. The molecule has 9 heteroatoms. The Kier molecular flexibility index (Phi) is 5.42. The van der Waals surface area contributed by atoms with E-state index in [0.29, 0.717) is 40.1 Å². The van der Waals surface area contributed by atoms with Crippen molar-refractivity contribution in [2.45, 2.75) is 0 Å². The van der Waals surface area contributed by atoms with E-state index in [4.69, 9.17) is 23.2 Å². The highest BCUT2D eigenvalue weighted by molar-refractivity contribution is 6.33. The Balaban J connectivity index is 1.52. The maximum Gasteiger partial charge on any atom is 0.259 e. The lowest BCUT2D eigenvalue weighted by Gasteiger charge is -2.29. The Hall–Kier alpha value is -3.03. The van der Waals surface area contributed by atoms with Crippen molar-refractivity contribution in [3.8, 4) is 11.3 Å². The van der Waals surface area contributed by atoms with E-state index in [9.17, 15) is 9.59 Å². The molecule has 2 aromatic carbocycles. The van der Waals surface area contributed by atoms with Gasteiger partial charge in [0, 0.05) is 29.4 Å². The van der Waals surface area contributed by atoms with E-state index in [1.54, 1.807) is 30.3 Å². The summed E-state index contributed by atoms with van der Waals surface area (Å²) >= 11 is 12.3. The molecule has 1 saturated heterocycles. The van der Waals surface area contributed by atoms with Crippen LogP contribution in [0, 0.1) is 0 Å². The molecular weight excluding hydrogens is 413 g/mol. The first-order valence-corrected chi connectivity index (χ1v) is 9.69. The molecule has 0 bridgehead atoms. The van der Waals surface area contributed by atoms with E-state index >= 15 is 0 Å². The van der Waals surface area contributed by atoms with Gasteiger partial charge in [-0.25, -0.2) is 0 Å². The Morgan fingerprint density at radius 1 is 1.14 bits per heavy atom. The van der Waals surface area contributed by atoms with Crippen LogP contribution in [0.3, 0.4) is 0 Å². The van der Waals surface area contributed by atoms with Crippen molar-refractivity contribution < 1.29 is 9.59 Å². The number of carbonyl (C=O) groups excluding carboxylic acids is 2. The summed E-state index contributed by atoms with van der Waals surface area (Å²) in [5, 5.41) is 13.5. The lowest BCUT2D eigenvalue weighted by molar-refractivity contribution is -0.120. The monoisotopic (exact) mass is 429 g/mol. The number of rotatable bonds is 4. The van der Waals surface area contributed by atoms with Gasteiger partial charge in [0.15, 0.2) is 0 Å². The molecule has 0 saturated carbocycles. The second-order valence-corrected chi connectivity index (χ2v) is 7.40. The number of aromatic amines is 1. The molecule has 3 aromatic rings. The number of halogens is 2. The number of hydrogen-bond acceptors (Lipinski definition) is 4. The number of H-pyrrole nitrogens is 1. The number of hydrogen-bond donors (Lipinski definition) is 3. The molecule has 29 heavy (non-hydrogen) atoms. The third kappa shape index (κ3) is 4.21. The fourth-order valence-corrected chi connectivity index (χ4v) is 3.60. The Labute approximate surface area is 177 Å². The highest BCUT2D eigenvalue weighted by Crippen LogP contribution is 2.30. The zero-order chi connectivity index (χ0) is 20.4. The zero-order valence-electron chi connectivity index (χ0n) is 15.2. The maximum atomic E-state index is 12.8. The molecule has 3 N–H and O–H groups in total. The molecule has 0 aliphatic carbocycles. The van der Waals surface area contributed by atoms with Crippen molar-refractivity contribution in [3.05, 3.63) is 64.3 Å². The largest absolute Gasteiger partial charge is 0.359 e. The molecule has 2 amide bonds. The molecule has 7 nitrogen and oxygen atoms in total.